The van der Waals surface area contributed by atoms with Crippen LogP contribution in [0.2, 0.25) is 0 Å². The number of aromatic nitrogens is 5. The number of hydrogen-bond donors (Lipinski definition) is 0. The molecule has 0 saturated carbocycles. The molecule has 30 heavy (non-hydrogen) atoms. The molecule has 154 valence electrons. The van der Waals surface area contributed by atoms with Crippen LogP contribution in [0, 0.1) is 0 Å². The van der Waals surface area contributed by atoms with Gasteiger partial charge >= 0.3 is 6.09 Å². The Morgan fingerprint density at radius 3 is 2.90 bits per heavy atom. The van der Waals surface area contributed by atoms with Gasteiger partial charge in [0.25, 0.3) is 0 Å². The lowest BCUT2D eigenvalue weighted by Crippen LogP contribution is -2.41. The fourth-order valence-corrected chi connectivity index (χ4v) is 4.32. The summed E-state index contributed by atoms with van der Waals surface area (Å²) in [6.07, 6.45) is 3.47. The van der Waals surface area contributed by atoms with Gasteiger partial charge in [0.05, 0.1) is 36.1 Å². The van der Waals surface area contributed by atoms with Gasteiger partial charge in [0.15, 0.2) is 0 Å². The van der Waals surface area contributed by atoms with E-state index in [1.807, 2.05) is 72.0 Å². The molecule has 0 bridgehead atoms. The smallest absolute Gasteiger partial charge is 0.410 e. The first kappa shape index (κ1) is 18.8. The van der Waals surface area contributed by atoms with Crippen molar-refractivity contribution in [2.75, 3.05) is 6.54 Å². The van der Waals surface area contributed by atoms with Crippen molar-refractivity contribution in [3.8, 4) is 22.0 Å². The normalized spacial score (nSPS) is 14.2. The van der Waals surface area contributed by atoms with Gasteiger partial charge in [0.1, 0.15) is 22.0 Å². The Hall–Kier alpha value is -3.20. The van der Waals surface area contributed by atoms with E-state index in [1.54, 1.807) is 16.2 Å². The predicted molar refractivity (Wildman–Crippen MR) is 114 cm³/mol. The number of hydrogen-bond acceptors (Lipinski definition) is 6. The molecule has 0 aliphatic carbocycles. The molecule has 0 unspecified atom stereocenters. The van der Waals surface area contributed by atoms with E-state index in [2.05, 4.69) is 5.10 Å². The molecule has 0 radical (unpaired) electrons. The van der Waals surface area contributed by atoms with Crippen molar-refractivity contribution in [3.63, 3.8) is 0 Å². The van der Waals surface area contributed by atoms with Crippen molar-refractivity contribution < 1.29 is 9.53 Å². The monoisotopic (exact) mass is 422 g/mol. The SMILES string of the molecule is CC(C)(C)OC(=O)N1CCn2nc(-c3csc(-c4cnn5ccccc45)n3)cc2C1. The van der Waals surface area contributed by atoms with Crippen LogP contribution in [-0.4, -0.2) is 47.5 Å². The van der Waals surface area contributed by atoms with Gasteiger partial charge in [-0.1, -0.05) is 6.07 Å². The summed E-state index contributed by atoms with van der Waals surface area (Å²) in [4.78, 5) is 18.9. The molecule has 1 aliphatic heterocycles. The molecule has 0 aromatic carbocycles. The standard InChI is InChI=1S/C21H22N6O2S/c1-21(2,3)29-20(28)25-8-9-26-14(12-25)10-16(24-26)17-13-30-19(23-17)15-11-22-27-7-5-4-6-18(15)27/h4-7,10-11,13H,8-9,12H2,1-3H3. The number of thiazole rings is 1. The van der Waals surface area contributed by atoms with Gasteiger partial charge in [-0.15, -0.1) is 11.3 Å². The molecule has 9 heteroatoms. The van der Waals surface area contributed by atoms with Crippen LogP contribution in [0.4, 0.5) is 4.79 Å². The molecule has 4 aromatic rings. The number of rotatable bonds is 2. The Kier molecular flexibility index (Phi) is 4.35. The minimum atomic E-state index is -0.505. The number of nitrogens with zero attached hydrogens (tertiary/aromatic N) is 6. The summed E-state index contributed by atoms with van der Waals surface area (Å²) in [6.45, 7) is 7.32. The minimum Gasteiger partial charge on any atom is -0.444 e. The molecular formula is C21H22N6O2S. The lowest BCUT2D eigenvalue weighted by Gasteiger charge is -2.30. The molecule has 8 nitrogen and oxygen atoms in total. The van der Waals surface area contributed by atoms with E-state index < -0.39 is 5.60 Å². The van der Waals surface area contributed by atoms with Crippen molar-refractivity contribution in [2.45, 2.75) is 39.5 Å². The highest BCUT2D eigenvalue weighted by molar-refractivity contribution is 7.13. The Morgan fingerprint density at radius 2 is 2.07 bits per heavy atom. The Labute approximate surface area is 177 Å². The van der Waals surface area contributed by atoms with Crippen molar-refractivity contribution in [1.82, 2.24) is 29.3 Å². The summed E-state index contributed by atoms with van der Waals surface area (Å²) in [5.74, 6) is 0. The van der Waals surface area contributed by atoms with E-state index >= 15 is 0 Å². The molecule has 0 fully saturated rings. The zero-order valence-corrected chi connectivity index (χ0v) is 17.9. The molecule has 5 heterocycles. The average molecular weight is 423 g/mol. The van der Waals surface area contributed by atoms with E-state index in [4.69, 9.17) is 14.8 Å². The highest BCUT2D eigenvalue weighted by Gasteiger charge is 2.27. The van der Waals surface area contributed by atoms with Crippen LogP contribution in [-0.2, 0) is 17.8 Å². The second-order valence-corrected chi connectivity index (χ2v) is 9.13. The maximum atomic E-state index is 12.4. The maximum Gasteiger partial charge on any atom is 0.410 e. The van der Waals surface area contributed by atoms with Crippen LogP contribution in [0.15, 0.2) is 42.0 Å². The fraction of sp³-hybridized carbons (Fsp3) is 0.333. The first-order chi connectivity index (χ1) is 14.4. The lowest BCUT2D eigenvalue weighted by atomic mass is 10.2. The zero-order valence-electron chi connectivity index (χ0n) is 17.1. The quantitative estimate of drug-likeness (QED) is 0.487. The van der Waals surface area contributed by atoms with Gasteiger partial charge in [-0.05, 0) is 39.0 Å². The van der Waals surface area contributed by atoms with E-state index in [0.717, 1.165) is 33.2 Å². The van der Waals surface area contributed by atoms with Gasteiger partial charge in [-0.3, -0.25) is 4.68 Å². The van der Waals surface area contributed by atoms with Gasteiger partial charge in [0.2, 0.25) is 0 Å². The third-order valence-electron chi connectivity index (χ3n) is 4.87. The van der Waals surface area contributed by atoms with Gasteiger partial charge in [-0.2, -0.15) is 10.2 Å². The molecule has 1 amide bonds. The Balaban J connectivity index is 1.38. The number of ether oxygens (including phenoxy) is 1. The summed E-state index contributed by atoms with van der Waals surface area (Å²) in [5, 5.41) is 12.0. The number of pyridine rings is 1. The molecule has 0 atom stereocenters. The van der Waals surface area contributed by atoms with Crippen LogP contribution in [0.25, 0.3) is 27.5 Å². The molecule has 4 aromatic heterocycles. The topological polar surface area (TPSA) is 77.5 Å². The first-order valence-corrected chi connectivity index (χ1v) is 10.7. The van der Waals surface area contributed by atoms with E-state index in [9.17, 15) is 4.79 Å². The van der Waals surface area contributed by atoms with Crippen molar-refractivity contribution in [1.29, 1.82) is 0 Å². The summed E-state index contributed by atoms with van der Waals surface area (Å²) in [7, 11) is 0. The number of fused-ring (bicyclic) bond motifs is 2. The minimum absolute atomic E-state index is 0.291. The van der Waals surface area contributed by atoms with Crippen molar-refractivity contribution in [3.05, 3.63) is 47.7 Å². The number of carbonyl (C=O) groups excluding carboxylic acids is 1. The second-order valence-electron chi connectivity index (χ2n) is 8.27. The zero-order chi connectivity index (χ0) is 20.9. The lowest BCUT2D eigenvalue weighted by molar-refractivity contribution is 0.0194. The Bertz CT molecular complexity index is 1230. The average Bonchev–Trinajstić information content (AvgIpc) is 3.42. The fourth-order valence-electron chi connectivity index (χ4n) is 3.49. The summed E-state index contributed by atoms with van der Waals surface area (Å²) >= 11 is 1.58. The molecule has 0 spiro atoms. The molecule has 0 saturated heterocycles. The molecule has 0 N–H and O–H groups in total. The third-order valence-corrected chi connectivity index (χ3v) is 5.75. The van der Waals surface area contributed by atoms with Gasteiger partial charge in [0, 0.05) is 18.1 Å². The van der Waals surface area contributed by atoms with Crippen LogP contribution in [0.1, 0.15) is 26.5 Å². The van der Waals surface area contributed by atoms with Crippen LogP contribution in [0.3, 0.4) is 0 Å². The third kappa shape index (κ3) is 3.45. The maximum absolute atomic E-state index is 12.4. The largest absolute Gasteiger partial charge is 0.444 e. The van der Waals surface area contributed by atoms with Crippen molar-refractivity contribution in [2.24, 2.45) is 0 Å². The van der Waals surface area contributed by atoms with E-state index in [0.29, 0.717) is 19.6 Å². The summed E-state index contributed by atoms with van der Waals surface area (Å²) < 4.78 is 9.30. The van der Waals surface area contributed by atoms with Crippen LogP contribution in [0.5, 0.6) is 0 Å². The molecule has 1 aliphatic rings. The van der Waals surface area contributed by atoms with Gasteiger partial charge in [-0.25, -0.2) is 14.3 Å². The van der Waals surface area contributed by atoms with Crippen LogP contribution >= 0.6 is 11.3 Å². The van der Waals surface area contributed by atoms with Crippen molar-refractivity contribution >= 4 is 22.9 Å². The van der Waals surface area contributed by atoms with Crippen LogP contribution < -0.4 is 0 Å². The first-order valence-electron chi connectivity index (χ1n) is 9.81. The molecule has 5 rings (SSSR count). The highest BCUT2D eigenvalue weighted by Crippen LogP contribution is 2.31. The summed E-state index contributed by atoms with van der Waals surface area (Å²) in [6, 6.07) is 7.98. The van der Waals surface area contributed by atoms with E-state index in [1.165, 1.54) is 0 Å². The highest BCUT2D eigenvalue weighted by atomic mass is 32.1. The number of amides is 1. The molecular weight excluding hydrogens is 400 g/mol. The summed E-state index contributed by atoms with van der Waals surface area (Å²) in [5.41, 5.74) is 4.15. The van der Waals surface area contributed by atoms with E-state index in [-0.39, 0.29) is 6.09 Å². The van der Waals surface area contributed by atoms with Gasteiger partial charge < -0.3 is 9.64 Å². The predicted octanol–water partition coefficient (Wildman–Crippen LogP) is 4.07. The second kappa shape index (κ2) is 6.94. The Morgan fingerprint density at radius 1 is 1.20 bits per heavy atom. The number of carbonyl (C=O) groups is 1.